The number of hydrogen-bond acceptors (Lipinski definition) is 3. The van der Waals surface area contributed by atoms with Gasteiger partial charge in [0.25, 0.3) is 0 Å². The van der Waals surface area contributed by atoms with E-state index in [1.165, 1.54) is 16.8 Å². The lowest BCUT2D eigenvalue weighted by atomic mass is 9.71. The van der Waals surface area contributed by atoms with E-state index in [4.69, 9.17) is 26.1 Å². The van der Waals surface area contributed by atoms with Crippen molar-refractivity contribution >= 4 is 23.1 Å². The number of methoxy groups -OCH3 is 1. The van der Waals surface area contributed by atoms with Crippen molar-refractivity contribution in [3.8, 4) is 0 Å². The summed E-state index contributed by atoms with van der Waals surface area (Å²) in [7, 11) is 1.75. The lowest BCUT2D eigenvalue weighted by Gasteiger charge is -2.42. The van der Waals surface area contributed by atoms with Gasteiger partial charge in [-0.25, -0.2) is 0 Å². The van der Waals surface area contributed by atoms with Crippen LogP contribution in [0.4, 0.5) is 5.69 Å². The summed E-state index contributed by atoms with van der Waals surface area (Å²) >= 11 is 6.14. The number of nitrogens with zero attached hydrogens (tertiary/aromatic N) is 1. The second-order valence-electron chi connectivity index (χ2n) is 7.72. The molecule has 28 heavy (non-hydrogen) atoms. The van der Waals surface area contributed by atoms with E-state index in [0.29, 0.717) is 6.54 Å². The van der Waals surface area contributed by atoms with E-state index in [9.17, 15) is 0 Å². The molecule has 5 heteroatoms. The van der Waals surface area contributed by atoms with Gasteiger partial charge in [0.2, 0.25) is 0 Å². The third kappa shape index (κ3) is 4.24. The molecule has 2 aliphatic rings. The highest BCUT2D eigenvalue weighted by molar-refractivity contribution is 6.30. The Hall–Kier alpha value is -1.88. The van der Waals surface area contributed by atoms with Crippen molar-refractivity contribution in [3.05, 3.63) is 64.2 Å². The maximum atomic E-state index is 6.14. The number of ether oxygens (including phenoxy) is 2. The average molecular weight is 399 g/mol. The molecule has 2 aromatic carbocycles. The van der Waals surface area contributed by atoms with Gasteiger partial charge in [-0.1, -0.05) is 35.9 Å². The van der Waals surface area contributed by atoms with Crippen LogP contribution >= 0.6 is 11.6 Å². The van der Waals surface area contributed by atoms with Gasteiger partial charge in [-0.15, -0.1) is 0 Å². The minimum absolute atomic E-state index is 0.0315. The lowest BCUT2D eigenvalue weighted by Crippen LogP contribution is -2.45. The normalized spacial score (nSPS) is 19.4. The van der Waals surface area contributed by atoms with Crippen LogP contribution in [0.1, 0.15) is 29.5 Å². The fourth-order valence-corrected chi connectivity index (χ4v) is 4.40. The van der Waals surface area contributed by atoms with Gasteiger partial charge in [-0.2, -0.15) is 0 Å². The SMILES string of the molecule is COCCc1ccc2c(c1)CC1(CCOCC1)C(=NCc1cccc(Cl)c1)N2. The average Bonchev–Trinajstić information content (AvgIpc) is 2.71. The number of hydrogen-bond donors (Lipinski definition) is 1. The monoisotopic (exact) mass is 398 g/mol. The summed E-state index contributed by atoms with van der Waals surface area (Å²) in [6.07, 6.45) is 3.94. The highest BCUT2D eigenvalue weighted by Crippen LogP contribution is 2.42. The second-order valence-corrected chi connectivity index (χ2v) is 8.16. The van der Waals surface area contributed by atoms with Crippen molar-refractivity contribution in [1.29, 1.82) is 0 Å². The summed E-state index contributed by atoms with van der Waals surface area (Å²) in [6.45, 7) is 2.96. The van der Waals surface area contributed by atoms with Crippen LogP contribution in [0.2, 0.25) is 5.02 Å². The minimum atomic E-state index is 0.0315. The van der Waals surface area contributed by atoms with E-state index < -0.39 is 0 Å². The molecule has 4 nitrogen and oxygen atoms in total. The van der Waals surface area contributed by atoms with Gasteiger partial charge in [-0.3, -0.25) is 4.99 Å². The van der Waals surface area contributed by atoms with Gasteiger partial charge >= 0.3 is 0 Å². The van der Waals surface area contributed by atoms with E-state index in [1.807, 2.05) is 18.2 Å². The molecular formula is C23H27ClN2O2. The minimum Gasteiger partial charge on any atom is -0.384 e. The van der Waals surface area contributed by atoms with Crippen molar-refractivity contribution in [1.82, 2.24) is 0 Å². The highest BCUT2D eigenvalue weighted by Gasteiger charge is 2.41. The van der Waals surface area contributed by atoms with Gasteiger partial charge in [0, 0.05) is 36.4 Å². The van der Waals surface area contributed by atoms with Gasteiger partial charge < -0.3 is 14.8 Å². The van der Waals surface area contributed by atoms with Gasteiger partial charge in [0.15, 0.2) is 0 Å². The van der Waals surface area contributed by atoms with E-state index >= 15 is 0 Å². The number of rotatable bonds is 5. The van der Waals surface area contributed by atoms with Crippen molar-refractivity contribution < 1.29 is 9.47 Å². The Morgan fingerprint density at radius 3 is 2.79 bits per heavy atom. The first-order valence-corrected chi connectivity index (χ1v) is 10.3. The number of benzene rings is 2. The topological polar surface area (TPSA) is 42.9 Å². The van der Waals surface area contributed by atoms with Crippen molar-refractivity contribution in [2.24, 2.45) is 10.4 Å². The second kappa shape index (κ2) is 8.64. The first kappa shape index (κ1) is 19.4. The quantitative estimate of drug-likeness (QED) is 0.779. The number of amidine groups is 1. The van der Waals surface area contributed by atoms with Crippen LogP contribution in [0.15, 0.2) is 47.5 Å². The summed E-state index contributed by atoms with van der Waals surface area (Å²) in [5, 5.41) is 4.41. The number of fused-ring (bicyclic) bond motifs is 1. The Morgan fingerprint density at radius 2 is 2.00 bits per heavy atom. The van der Waals surface area contributed by atoms with E-state index in [-0.39, 0.29) is 5.41 Å². The number of aliphatic imine (C=N–C) groups is 1. The lowest BCUT2D eigenvalue weighted by molar-refractivity contribution is 0.0448. The molecule has 0 amide bonds. The van der Waals surface area contributed by atoms with Crippen LogP contribution < -0.4 is 5.32 Å². The Bertz CT molecular complexity index is 859. The van der Waals surface area contributed by atoms with Gasteiger partial charge in [-0.05, 0) is 60.6 Å². The number of halogens is 1. The van der Waals surface area contributed by atoms with E-state index in [1.54, 1.807) is 7.11 Å². The van der Waals surface area contributed by atoms with Crippen LogP contribution in [0.5, 0.6) is 0 Å². The number of anilines is 1. The molecule has 0 aromatic heterocycles. The third-order valence-electron chi connectivity index (χ3n) is 5.81. The molecule has 1 saturated heterocycles. The first-order chi connectivity index (χ1) is 13.7. The van der Waals surface area contributed by atoms with Crippen LogP contribution in [0, 0.1) is 5.41 Å². The molecule has 0 aliphatic carbocycles. The maximum Gasteiger partial charge on any atom is 0.108 e. The molecule has 0 atom stereocenters. The zero-order chi connectivity index (χ0) is 19.4. The van der Waals surface area contributed by atoms with Crippen molar-refractivity contribution in [3.63, 3.8) is 0 Å². The van der Waals surface area contributed by atoms with E-state index in [0.717, 1.165) is 61.9 Å². The van der Waals surface area contributed by atoms with Crippen molar-refractivity contribution in [2.45, 2.75) is 32.2 Å². The molecule has 148 valence electrons. The summed E-state index contributed by atoms with van der Waals surface area (Å²) in [4.78, 5) is 5.01. The summed E-state index contributed by atoms with van der Waals surface area (Å²) in [6, 6.07) is 14.6. The molecule has 1 spiro atoms. The molecule has 4 rings (SSSR count). The molecule has 0 unspecified atom stereocenters. The molecular weight excluding hydrogens is 372 g/mol. The summed E-state index contributed by atoms with van der Waals surface area (Å²) in [5.74, 6) is 1.09. The zero-order valence-electron chi connectivity index (χ0n) is 16.3. The molecule has 2 aliphatic heterocycles. The Balaban J connectivity index is 1.62. The van der Waals surface area contributed by atoms with Gasteiger partial charge in [0.05, 0.1) is 13.2 Å². The Kier molecular flexibility index (Phi) is 6.00. The third-order valence-corrected chi connectivity index (χ3v) is 6.04. The van der Waals surface area contributed by atoms with Crippen LogP contribution in [-0.4, -0.2) is 32.8 Å². The predicted molar refractivity (Wildman–Crippen MR) is 114 cm³/mol. The van der Waals surface area contributed by atoms with Crippen LogP contribution in [0.25, 0.3) is 0 Å². The molecule has 2 heterocycles. The van der Waals surface area contributed by atoms with E-state index in [2.05, 4.69) is 29.6 Å². The molecule has 0 saturated carbocycles. The van der Waals surface area contributed by atoms with Crippen LogP contribution in [-0.2, 0) is 28.9 Å². The predicted octanol–water partition coefficient (Wildman–Crippen LogP) is 4.89. The molecule has 1 N–H and O–H groups in total. The molecule has 0 radical (unpaired) electrons. The first-order valence-electron chi connectivity index (χ1n) is 9.93. The van der Waals surface area contributed by atoms with Gasteiger partial charge in [0.1, 0.15) is 5.84 Å². The molecule has 2 aromatic rings. The standard InChI is InChI=1S/C23H27ClN2O2/c1-27-10-7-17-5-6-21-19(13-17)15-23(8-11-28-12-9-23)22(26-21)25-16-18-3-2-4-20(24)14-18/h2-6,13-14H,7-12,15-16H2,1H3,(H,25,26). The molecule has 0 bridgehead atoms. The fourth-order valence-electron chi connectivity index (χ4n) is 4.19. The highest BCUT2D eigenvalue weighted by atomic mass is 35.5. The largest absolute Gasteiger partial charge is 0.384 e. The Morgan fingerprint density at radius 1 is 1.14 bits per heavy atom. The maximum absolute atomic E-state index is 6.14. The van der Waals surface area contributed by atoms with Crippen molar-refractivity contribution in [2.75, 3.05) is 32.2 Å². The zero-order valence-corrected chi connectivity index (χ0v) is 17.1. The smallest absolute Gasteiger partial charge is 0.108 e. The van der Waals surface area contributed by atoms with Crippen LogP contribution in [0.3, 0.4) is 0 Å². The fraction of sp³-hybridized carbons (Fsp3) is 0.435. The number of nitrogens with one attached hydrogen (secondary N) is 1. The summed E-state index contributed by atoms with van der Waals surface area (Å²) in [5.41, 5.74) is 5.03. The Labute approximate surface area is 171 Å². The molecule has 1 fully saturated rings. The summed E-state index contributed by atoms with van der Waals surface area (Å²) < 4.78 is 10.9.